The van der Waals surface area contributed by atoms with Gasteiger partial charge in [-0.15, -0.1) is 0 Å². The molecule has 0 unspecified atom stereocenters. The maximum atomic E-state index is 13.5. The molecule has 0 bridgehead atoms. The molecule has 2 aliphatic heterocycles. The molecule has 0 saturated carbocycles. The SMILES string of the molecule is CCOC(=O)C1CCN(Cc2cccc(C3=NC(c4ccccc4)(c4ccccc4)C(=O)N3)c2)CC1. The van der Waals surface area contributed by atoms with Gasteiger partial charge >= 0.3 is 5.97 Å². The van der Waals surface area contributed by atoms with Crippen molar-refractivity contribution in [3.8, 4) is 0 Å². The van der Waals surface area contributed by atoms with Crippen LogP contribution < -0.4 is 5.32 Å². The van der Waals surface area contributed by atoms with Gasteiger partial charge in [-0.25, -0.2) is 4.99 Å². The van der Waals surface area contributed by atoms with Gasteiger partial charge in [-0.3, -0.25) is 14.5 Å². The molecular formula is C30H31N3O3. The van der Waals surface area contributed by atoms with Crippen LogP contribution in [0.4, 0.5) is 0 Å². The Hall–Kier alpha value is -3.77. The van der Waals surface area contributed by atoms with Crippen LogP contribution in [0.5, 0.6) is 0 Å². The first kappa shape index (κ1) is 23.9. The molecule has 0 radical (unpaired) electrons. The van der Waals surface area contributed by atoms with Crippen LogP contribution in [0, 0.1) is 5.92 Å². The second kappa shape index (κ2) is 10.5. The van der Waals surface area contributed by atoms with Crippen molar-refractivity contribution < 1.29 is 14.3 Å². The van der Waals surface area contributed by atoms with Gasteiger partial charge in [0.15, 0.2) is 5.54 Å². The highest BCUT2D eigenvalue weighted by Crippen LogP contribution is 2.37. The van der Waals surface area contributed by atoms with Crippen molar-refractivity contribution in [2.75, 3.05) is 19.7 Å². The van der Waals surface area contributed by atoms with E-state index >= 15 is 0 Å². The average Bonchev–Trinajstić information content (AvgIpc) is 3.28. The molecule has 0 aliphatic carbocycles. The van der Waals surface area contributed by atoms with E-state index in [4.69, 9.17) is 9.73 Å². The Labute approximate surface area is 212 Å². The summed E-state index contributed by atoms with van der Waals surface area (Å²) in [5.41, 5.74) is 2.59. The van der Waals surface area contributed by atoms with Gasteiger partial charge < -0.3 is 10.1 Å². The van der Waals surface area contributed by atoms with E-state index in [0.29, 0.717) is 12.4 Å². The monoisotopic (exact) mass is 481 g/mol. The second-order valence-corrected chi connectivity index (χ2v) is 9.36. The maximum absolute atomic E-state index is 13.5. The number of esters is 1. The molecule has 0 spiro atoms. The van der Waals surface area contributed by atoms with Crippen molar-refractivity contribution in [3.05, 3.63) is 107 Å². The lowest BCUT2D eigenvalue weighted by Gasteiger charge is -2.30. The summed E-state index contributed by atoms with van der Waals surface area (Å²) in [7, 11) is 0. The molecule has 0 aromatic heterocycles. The van der Waals surface area contributed by atoms with Crippen molar-refractivity contribution in [3.63, 3.8) is 0 Å². The van der Waals surface area contributed by atoms with E-state index in [1.165, 1.54) is 0 Å². The Morgan fingerprint density at radius 3 is 2.22 bits per heavy atom. The number of hydrogen-bond acceptors (Lipinski definition) is 5. The zero-order valence-electron chi connectivity index (χ0n) is 20.5. The molecule has 6 nitrogen and oxygen atoms in total. The molecule has 36 heavy (non-hydrogen) atoms. The van der Waals surface area contributed by atoms with Crippen LogP contribution >= 0.6 is 0 Å². The number of amidine groups is 1. The van der Waals surface area contributed by atoms with E-state index in [-0.39, 0.29) is 17.8 Å². The van der Waals surface area contributed by atoms with Crippen LogP contribution in [0.15, 0.2) is 89.9 Å². The minimum absolute atomic E-state index is 0.000290. The summed E-state index contributed by atoms with van der Waals surface area (Å²) in [6.07, 6.45) is 1.63. The fourth-order valence-corrected chi connectivity index (χ4v) is 5.16. The fourth-order valence-electron chi connectivity index (χ4n) is 5.16. The van der Waals surface area contributed by atoms with Crippen molar-refractivity contribution in [1.82, 2.24) is 10.2 Å². The Balaban J connectivity index is 1.38. The quantitative estimate of drug-likeness (QED) is 0.512. The molecule has 3 aromatic carbocycles. The van der Waals surface area contributed by atoms with Crippen LogP contribution in [0.2, 0.25) is 0 Å². The summed E-state index contributed by atoms with van der Waals surface area (Å²) < 4.78 is 5.19. The minimum atomic E-state index is -1.12. The number of carbonyl (C=O) groups excluding carboxylic acids is 2. The number of nitrogens with one attached hydrogen (secondary N) is 1. The molecule has 5 rings (SSSR count). The van der Waals surface area contributed by atoms with Crippen LogP contribution in [-0.4, -0.2) is 42.3 Å². The van der Waals surface area contributed by atoms with Crippen molar-refractivity contribution >= 4 is 17.7 Å². The number of benzene rings is 3. The molecule has 1 amide bonds. The number of nitrogens with zero attached hydrogens (tertiary/aromatic N) is 2. The number of likely N-dealkylation sites (tertiary alicyclic amines) is 1. The molecule has 1 saturated heterocycles. The number of hydrogen-bond donors (Lipinski definition) is 1. The van der Waals surface area contributed by atoms with Gasteiger partial charge in [0, 0.05) is 12.1 Å². The number of aliphatic imine (C=N–C) groups is 1. The van der Waals surface area contributed by atoms with E-state index in [1.807, 2.05) is 79.7 Å². The molecule has 3 aromatic rings. The van der Waals surface area contributed by atoms with E-state index < -0.39 is 5.54 Å². The van der Waals surface area contributed by atoms with Gasteiger partial charge in [-0.2, -0.15) is 0 Å². The zero-order chi connectivity index (χ0) is 25.0. The average molecular weight is 482 g/mol. The summed E-state index contributed by atoms with van der Waals surface area (Å²) in [5.74, 6) is 0.353. The number of amides is 1. The summed E-state index contributed by atoms with van der Waals surface area (Å²) in [6.45, 7) is 4.78. The van der Waals surface area contributed by atoms with Gasteiger partial charge in [0.05, 0.1) is 12.5 Å². The Morgan fingerprint density at radius 1 is 0.972 bits per heavy atom. The predicted octanol–water partition coefficient (Wildman–Crippen LogP) is 4.28. The first-order chi connectivity index (χ1) is 17.6. The van der Waals surface area contributed by atoms with Crippen LogP contribution in [-0.2, 0) is 26.4 Å². The summed E-state index contributed by atoms with van der Waals surface area (Å²) in [5, 5.41) is 3.07. The third-order valence-electron chi connectivity index (χ3n) is 7.04. The Kier molecular flexibility index (Phi) is 6.96. The van der Waals surface area contributed by atoms with E-state index in [0.717, 1.165) is 54.7 Å². The summed E-state index contributed by atoms with van der Waals surface area (Å²) in [4.78, 5) is 33.0. The number of ether oxygens (including phenoxy) is 1. The normalized spacial score (nSPS) is 17.9. The highest BCUT2D eigenvalue weighted by Gasteiger charge is 2.47. The van der Waals surface area contributed by atoms with Gasteiger partial charge in [0.2, 0.25) is 0 Å². The second-order valence-electron chi connectivity index (χ2n) is 9.36. The topological polar surface area (TPSA) is 71.0 Å². The Bertz CT molecular complexity index is 1210. The standard InChI is InChI=1S/C30H31N3O3/c1-2-36-28(34)23-16-18-33(19-17-23)21-22-10-9-11-24(20-22)27-31-29(35)30(32-27,25-12-5-3-6-13-25)26-14-7-4-8-15-26/h3-15,20,23H,2,16-19,21H2,1H3,(H,31,32,35). The van der Waals surface area contributed by atoms with E-state index in [1.54, 1.807) is 0 Å². The third kappa shape index (κ3) is 4.69. The summed E-state index contributed by atoms with van der Waals surface area (Å²) in [6, 6.07) is 27.6. The molecule has 1 fully saturated rings. The third-order valence-corrected chi connectivity index (χ3v) is 7.04. The fraction of sp³-hybridized carbons (Fsp3) is 0.300. The number of rotatable bonds is 7. The van der Waals surface area contributed by atoms with E-state index in [9.17, 15) is 9.59 Å². The lowest BCUT2D eigenvalue weighted by atomic mass is 9.83. The highest BCUT2D eigenvalue weighted by molar-refractivity contribution is 6.16. The maximum Gasteiger partial charge on any atom is 0.309 e. The van der Waals surface area contributed by atoms with Gasteiger partial charge in [0.1, 0.15) is 5.84 Å². The predicted molar refractivity (Wildman–Crippen MR) is 139 cm³/mol. The zero-order valence-corrected chi connectivity index (χ0v) is 20.5. The number of carbonyl (C=O) groups is 2. The van der Waals surface area contributed by atoms with Crippen LogP contribution in [0.25, 0.3) is 0 Å². The number of piperidine rings is 1. The van der Waals surface area contributed by atoms with Gasteiger partial charge in [0.25, 0.3) is 5.91 Å². The molecule has 1 N–H and O–H groups in total. The molecule has 2 aliphatic rings. The Morgan fingerprint density at radius 2 is 1.61 bits per heavy atom. The first-order valence-electron chi connectivity index (χ1n) is 12.6. The summed E-state index contributed by atoms with van der Waals surface area (Å²) >= 11 is 0. The van der Waals surface area contributed by atoms with E-state index in [2.05, 4.69) is 22.3 Å². The molecule has 2 heterocycles. The van der Waals surface area contributed by atoms with Crippen LogP contribution in [0.1, 0.15) is 42.0 Å². The van der Waals surface area contributed by atoms with Crippen LogP contribution in [0.3, 0.4) is 0 Å². The largest absolute Gasteiger partial charge is 0.466 e. The van der Waals surface area contributed by atoms with Crippen molar-refractivity contribution in [2.45, 2.75) is 31.8 Å². The molecule has 6 heteroatoms. The molecule has 0 atom stereocenters. The first-order valence-corrected chi connectivity index (χ1v) is 12.6. The van der Waals surface area contributed by atoms with Crippen molar-refractivity contribution in [1.29, 1.82) is 0 Å². The smallest absolute Gasteiger partial charge is 0.309 e. The minimum Gasteiger partial charge on any atom is -0.466 e. The van der Waals surface area contributed by atoms with Gasteiger partial charge in [-0.05, 0) is 55.6 Å². The van der Waals surface area contributed by atoms with Crippen molar-refractivity contribution in [2.24, 2.45) is 10.9 Å². The molecular weight excluding hydrogens is 450 g/mol. The lowest BCUT2D eigenvalue weighted by molar-refractivity contribution is -0.149. The lowest BCUT2D eigenvalue weighted by Crippen LogP contribution is -2.38. The molecule has 184 valence electrons. The van der Waals surface area contributed by atoms with Gasteiger partial charge in [-0.1, -0.05) is 78.9 Å². The highest BCUT2D eigenvalue weighted by atomic mass is 16.5.